The second-order valence-electron chi connectivity index (χ2n) is 4.22. The van der Waals surface area contributed by atoms with Crippen molar-refractivity contribution in [2.45, 2.75) is 25.8 Å². The van der Waals surface area contributed by atoms with Gasteiger partial charge in [-0.1, -0.05) is 6.92 Å². The van der Waals surface area contributed by atoms with E-state index in [2.05, 4.69) is 26.3 Å². The Balaban J connectivity index is 2.35. The molecule has 21 heavy (non-hydrogen) atoms. The van der Waals surface area contributed by atoms with Crippen molar-refractivity contribution in [1.29, 1.82) is 0 Å². The van der Waals surface area contributed by atoms with Crippen molar-refractivity contribution < 1.29 is 14.7 Å². The Labute approximate surface area is 120 Å². The van der Waals surface area contributed by atoms with Gasteiger partial charge in [0.2, 0.25) is 0 Å². The highest BCUT2D eigenvalue weighted by atomic mass is 16.4. The summed E-state index contributed by atoms with van der Waals surface area (Å²) in [6.07, 6.45) is 8.20. The molecule has 2 heterocycles. The number of terminal acetylenes is 1. The molecule has 0 saturated carbocycles. The van der Waals surface area contributed by atoms with E-state index in [1.165, 1.54) is 17.0 Å². The molecule has 8 heteroatoms. The molecule has 2 N–H and O–H groups in total. The summed E-state index contributed by atoms with van der Waals surface area (Å²) in [5, 5.41) is 15.4. The van der Waals surface area contributed by atoms with E-state index >= 15 is 0 Å². The Hall–Kier alpha value is -2.95. The summed E-state index contributed by atoms with van der Waals surface area (Å²) in [4.78, 5) is 31.2. The first-order valence-corrected chi connectivity index (χ1v) is 6.23. The van der Waals surface area contributed by atoms with Crippen molar-refractivity contribution in [2.75, 3.05) is 0 Å². The van der Waals surface area contributed by atoms with E-state index in [1.807, 2.05) is 6.92 Å². The van der Waals surface area contributed by atoms with Crippen LogP contribution in [0.15, 0.2) is 12.5 Å². The Morgan fingerprint density at radius 1 is 1.52 bits per heavy atom. The molecule has 0 radical (unpaired) electrons. The van der Waals surface area contributed by atoms with Gasteiger partial charge in [0, 0.05) is 12.6 Å². The molecule has 8 nitrogen and oxygen atoms in total. The minimum absolute atomic E-state index is 0.0957. The third kappa shape index (κ3) is 2.81. The first kappa shape index (κ1) is 14.5. The number of aromatic nitrogens is 4. The van der Waals surface area contributed by atoms with Gasteiger partial charge in [-0.15, -0.1) is 12.3 Å². The number of nitrogens with one attached hydrogen (secondary N) is 1. The van der Waals surface area contributed by atoms with Gasteiger partial charge >= 0.3 is 5.97 Å². The van der Waals surface area contributed by atoms with E-state index < -0.39 is 17.9 Å². The van der Waals surface area contributed by atoms with Crippen LogP contribution in [0, 0.1) is 12.3 Å². The Bertz CT molecular complexity index is 731. The summed E-state index contributed by atoms with van der Waals surface area (Å²) in [7, 11) is 0. The molecule has 2 rings (SSSR count). The molecular weight excluding hydrogens is 274 g/mol. The number of nitrogens with zero attached hydrogens (tertiary/aromatic N) is 4. The van der Waals surface area contributed by atoms with Crippen molar-refractivity contribution in [1.82, 2.24) is 24.9 Å². The first-order valence-electron chi connectivity index (χ1n) is 6.23. The minimum atomic E-state index is -1.19. The molecule has 0 aliphatic carbocycles. The smallest absolute Gasteiger partial charge is 0.327 e. The summed E-state index contributed by atoms with van der Waals surface area (Å²) in [5.41, 5.74) is 0.846. The van der Waals surface area contributed by atoms with Crippen LogP contribution in [0.5, 0.6) is 0 Å². The van der Waals surface area contributed by atoms with E-state index in [0.29, 0.717) is 17.9 Å². The fourth-order valence-corrected chi connectivity index (χ4v) is 1.91. The van der Waals surface area contributed by atoms with Gasteiger partial charge in [0.15, 0.2) is 0 Å². The lowest BCUT2D eigenvalue weighted by molar-refractivity contribution is -0.139. The summed E-state index contributed by atoms with van der Waals surface area (Å²) in [6.45, 7) is 1.85. The Morgan fingerprint density at radius 2 is 2.29 bits per heavy atom. The van der Waals surface area contributed by atoms with Gasteiger partial charge in [0.05, 0.1) is 11.3 Å². The molecule has 0 aromatic carbocycles. The van der Waals surface area contributed by atoms with Gasteiger partial charge in [-0.2, -0.15) is 10.1 Å². The number of aliphatic carboxylic acids is 1. The molecule has 0 aliphatic heterocycles. The SMILES string of the molecule is C#CCC(NC(=O)c1cnc2ncnn2c1CC)C(=O)O. The van der Waals surface area contributed by atoms with Crippen LogP contribution in [-0.4, -0.2) is 42.6 Å². The van der Waals surface area contributed by atoms with Crippen molar-refractivity contribution in [2.24, 2.45) is 0 Å². The lowest BCUT2D eigenvalue weighted by Crippen LogP contribution is -2.41. The third-order valence-electron chi connectivity index (χ3n) is 2.91. The highest BCUT2D eigenvalue weighted by Gasteiger charge is 2.22. The van der Waals surface area contributed by atoms with Gasteiger partial charge in [0.25, 0.3) is 11.7 Å². The molecule has 1 atom stereocenters. The van der Waals surface area contributed by atoms with Crippen LogP contribution in [0.25, 0.3) is 5.78 Å². The number of carboxylic acid groups (broad SMARTS) is 1. The van der Waals surface area contributed by atoms with Crippen LogP contribution in [0.1, 0.15) is 29.4 Å². The zero-order valence-corrected chi connectivity index (χ0v) is 11.3. The van der Waals surface area contributed by atoms with Crippen LogP contribution in [0.4, 0.5) is 0 Å². The lowest BCUT2D eigenvalue weighted by atomic mass is 10.1. The number of aryl methyl sites for hydroxylation is 1. The van der Waals surface area contributed by atoms with Crippen molar-refractivity contribution in [3.05, 3.63) is 23.8 Å². The summed E-state index contributed by atoms with van der Waals surface area (Å²) >= 11 is 0. The van der Waals surface area contributed by atoms with Crippen molar-refractivity contribution in [3.8, 4) is 12.3 Å². The van der Waals surface area contributed by atoms with Crippen LogP contribution in [0.3, 0.4) is 0 Å². The topological polar surface area (TPSA) is 109 Å². The molecule has 0 spiro atoms. The molecule has 2 aromatic heterocycles. The number of carbonyl (C=O) groups excluding carboxylic acids is 1. The highest BCUT2D eigenvalue weighted by Crippen LogP contribution is 2.10. The monoisotopic (exact) mass is 287 g/mol. The molecule has 1 amide bonds. The van der Waals surface area contributed by atoms with E-state index in [0.717, 1.165) is 0 Å². The molecule has 2 aromatic rings. The predicted octanol–water partition coefficient (Wildman–Crippen LogP) is -0.107. The standard InChI is InChI=1S/C13H13N5O3/c1-3-5-9(12(20)21)17-11(19)8-6-14-13-15-7-16-18(13)10(8)4-2/h1,6-7,9H,4-5H2,2H3,(H,17,19)(H,20,21). The van der Waals surface area contributed by atoms with Crippen LogP contribution >= 0.6 is 0 Å². The number of hydrogen-bond donors (Lipinski definition) is 2. The largest absolute Gasteiger partial charge is 0.480 e. The quantitative estimate of drug-likeness (QED) is 0.743. The molecule has 0 saturated heterocycles. The van der Waals surface area contributed by atoms with E-state index in [9.17, 15) is 9.59 Å². The van der Waals surface area contributed by atoms with E-state index in [4.69, 9.17) is 11.5 Å². The predicted molar refractivity (Wildman–Crippen MR) is 72.5 cm³/mol. The Kier molecular flexibility index (Phi) is 4.13. The summed E-state index contributed by atoms with van der Waals surface area (Å²) in [5.74, 6) is 0.856. The van der Waals surface area contributed by atoms with Gasteiger partial charge in [-0.3, -0.25) is 4.79 Å². The average Bonchev–Trinajstić information content (AvgIpc) is 2.93. The fourth-order valence-electron chi connectivity index (χ4n) is 1.91. The fraction of sp³-hybridized carbons (Fsp3) is 0.308. The van der Waals surface area contributed by atoms with Crippen LogP contribution in [0.2, 0.25) is 0 Å². The molecule has 0 aliphatic rings. The highest BCUT2D eigenvalue weighted by molar-refractivity contribution is 5.97. The van der Waals surface area contributed by atoms with Crippen LogP contribution < -0.4 is 5.32 Å². The number of amides is 1. The number of carboxylic acids is 1. The minimum Gasteiger partial charge on any atom is -0.480 e. The van der Waals surface area contributed by atoms with Crippen LogP contribution in [-0.2, 0) is 11.2 Å². The summed E-state index contributed by atoms with van der Waals surface area (Å²) in [6, 6.07) is -1.14. The lowest BCUT2D eigenvalue weighted by Gasteiger charge is -2.13. The number of fused-ring (bicyclic) bond motifs is 1. The maximum atomic E-state index is 12.2. The average molecular weight is 287 g/mol. The normalized spacial score (nSPS) is 11.8. The zero-order valence-electron chi connectivity index (χ0n) is 11.3. The van der Waals surface area contributed by atoms with Gasteiger partial charge < -0.3 is 10.4 Å². The maximum Gasteiger partial charge on any atom is 0.327 e. The molecule has 0 bridgehead atoms. The summed E-state index contributed by atoms with van der Waals surface area (Å²) < 4.78 is 1.45. The van der Waals surface area contributed by atoms with E-state index in [-0.39, 0.29) is 12.0 Å². The second kappa shape index (κ2) is 6.00. The zero-order chi connectivity index (χ0) is 15.4. The Morgan fingerprint density at radius 3 is 2.90 bits per heavy atom. The molecule has 0 fully saturated rings. The molecule has 108 valence electrons. The number of hydrogen-bond acceptors (Lipinski definition) is 5. The molecule has 1 unspecified atom stereocenters. The van der Waals surface area contributed by atoms with Crippen molar-refractivity contribution in [3.63, 3.8) is 0 Å². The second-order valence-corrected chi connectivity index (χ2v) is 4.22. The molecular formula is C13H13N5O3. The first-order chi connectivity index (χ1) is 10.1. The number of carbonyl (C=O) groups is 2. The van der Waals surface area contributed by atoms with E-state index in [1.54, 1.807) is 0 Å². The maximum absolute atomic E-state index is 12.2. The van der Waals surface area contributed by atoms with Crippen molar-refractivity contribution >= 4 is 17.7 Å². The van der Waals surface area contributed by atoms with Gasteiger partial charge in [0.1, 0.15) is 12.4 Å². The van der Waals surface area contributed by atoms with Gasteiger partial charge in [-0.05, 0) is 6.42 Å². The number of rotatable bonds is 5. The van der Waals surface area contributed by atoms with Gasteiger partial charge in [-0.25, -0.2) is 14.3 Å². The third-order valence-corrected chi connectivity index (χ3v) is 2.91.